The molecule has 5 nitrogen and oxygen atoms in total. The number of hydrogen-bond donors (Lipinski definition) is 2. The van der Waals surface area contributed by atoms with E-state index in [2.05, 4.69) is 10.6 Å². The number of urea groups is 1. The Morgan fingerprint density at radius 2 is 1.84 bits per heavy atom. The molecule has 0 bridgehead atoms. The molecule has 8 heteroatoms. The van der Waals surface area contributed by atoms with E-state index in [-0.39, 0.29) is 11.7 Å². The number of nitrogens with zero attached hydrogens (tertiary/aromatic N) is 1. The van der Waals surface area contributed by atoms with Crippen molar-refractivity contribution in [2.45, 2.75) is 37.9 Å². The van der Waals surface area contributed by atoms with Crippen LogP contribution in [0.15, 0.2) is 18.2 Å². The van der Waals surface area contributed by atoms with Crippen molar-refractivity contribution >= 4 is 17.4 Å². The van der Waals surface area contributed by atoms with Crippen LogP contribution in [0, 0.1) is 0 Å². The Hall–Kier alpha value is -1.96. The fourth-order valence-electron chi connectivity index (χ4n) is 3.23. The molecule has 2 saturated heterocycles. The molecule has 0 atom stereocenters. The molecule has 3 rings (SSSR count). The number of amides is 2. The summed E-state index contributed by atoms with van der Waals surface area (Å²) < 4.78 is 44.3. The SMILES string of the molecule is O=C(Nc1cc(C(F)(F)F)ccc1N1CCCC1)NC1CCOCC1. The van der Waals surface area contributed by atoms with Gasteiger partial charge >= 0.3 is 12.2 Å². The van der Waals surface area contributed by atoms with Gasteiger partial charge in [0.1, 0.15) is 0 Å². The van der Waals surface area contributed by atoms with E-state index in [0.29, 0.717) is 31.7 Å². The molecule has 1 aromatic carbocycles. The van der Waals surface area contributed by atoms with Crippen LogP contribution in [-0.4, -0.2) is 38.4 Å². The topological polar surface area (TPSA) is 53.6 Å². The van der Waals surface area contributed by atoms with Crippen molar-refractivity contribution < 1.29 is 22.7 Å². The van der Waals surface area contributed by atoms with Gasteiger partial charge in [0.05, 0.1) is 16.9 Å². The first-order valence-electron chi connectivity index (χ1n) is 8.55. The Kier molecular flexibility index (Phi) is 5.36. The molecule has 0 aromatic heterocycles. The van der Waals surface area contributed by atoms with Gasteiger partial charge in [0.2, 0.25) is 0 Å². The molecular formula is C17H22F3N3O2. The number of ether oxygens (including phenoxy) is 1. The fourth-order valence-corrected chi connectivity index (χ4v) is 3.23. The van der Waals surface area contributed by atoms with Crippen LogP contribution in [0.3, 0.4) is 0 Å². The van der Waals surface area contributed by atoms with E-state index in [4.69, 9.17) is 4.74 Å². The number of carbonyl (C=O) groups excluding carboxylic acids is 1. The van der Waals surface area contributed by atoms with E-state index in [1.54, 1.807) is 0 Å². The number of halogens is 3. The minimum absolute atomic E-state index is 0.0187. The van der Waals surface area contributed by atoms with E-state index < -0.39 is 17.8 Å². The van der Waals surface area contributed by atoms with Crippen LogP contribution in [0.4, 0.5) is 29.3 Å². The van der Waals surface area contributed by atoms with Crippen molar-refractivity contribution in [1.29, 1.82) is 0 Å². The Labute approximate surface area is 144 Å². The lowest BCUT2D eigenvalue weighted by atomic mass is 10.1. The molecule has 2 fully saturated rings. The van der Waals surface area contributed by atoms with Gasteiger partial charge in [-0.25, -0.2) is 4.79 Å². The second-order valence-corrected chi connectivity index (χ2v) is 6.41. The highest BCUT2D eigenvalue weighted by Gasteiger charge is 2.32. The predicted molar refractivity (Wildman–Crippen MR) is 88.9 cm³/mol. The van der Waals surface area contributed by atoms with E-state index >= 15 is 0 Å². The van der Waals surface area contributed by atoms with E-state index in [1.165, 1.54) is 6.07 Å². The number of carbonyl (C=O) groups is 1. The van der Waals surface area contributed by atoms with Gasteiger partial charge in [0.15, 0.2) is 0 Å². The molecule has 2 aliphatic heterocycles. The lowest BCUT2D eigenvalue weighted by molar-refractivity contribution is -0.137. The summed E-state index contributed by atoms with van der Waals surface area (Å²) in [6.45, 7) is 2.71. The average molecular weight is 357 g/mol. The summed E-state index contributed by atoms with van der Waals surface area (Å²) in [5, 5.41) is 5.43. The third-order valence-electron chi connectivity index (χ3n) is 4.58. The molecule has 2 amide bonds. The molecule has 138 valence electrons. The Balaban J connectivity index is 1.77. The summed E-state index contributed by atoms with van der Waals surface area (Å²) in [6.07, 6.45) is -1.05. The van der Waals surface area contributed by atoms with Gasteiger partial charge in [-0.2, -0.15) is 13.2 Å². The molecular weight excluding hydrogens is 335 g/mol. The van der Waals surface area contributed by atoms with Crippen LogP contribution in [0.25, 0.3) is 0 Å². The third-order valence-corrected chi connectivity index (χ3v) is 4.58. The van der Waals surface area contributed by atoms with Crippen molar-refractivity contribution in [3.63, 3.8) is 0 Å². The zero-order valence-electron chi connectivity index (χ0n) is 13.9. The van der Waals surface area contributed by atoms with Crippen LogP contribution >= 0.6 is 0 Å². The van der Waals surface area contributed by atoms with Crippen LogP contribution in [0.2, 0.25) is 0 Å². The smallest absolute Gasteiger partial charge is 0.381 e. The quantitative estimate of drug-likeness (QED) is 0.869. The largest absolute Gasteiger partial charge is 0.416 e. The molecule has 2 aliphatic rings. The summed E-state index contributed by atoms with van der Waals surface area (Å²) >= 11 is 0. The molecule has 0 spiro atoms. The maximum Gasteiger partial charge on any atom is 0.416 e. The van der Waals surface area contributed by atoms with Crippen LogP contribution in [-0.2, 0) is 10.9 Å². The summed E-state index contributed by atoms with van der Waals surface area (Å²) in [7, 11) is 0. The van der Waals surface area contributed by atoms with Crippen molar-refractivity contribution in [2.24, 2.45) is 0 Å². The van der Waals surface area contributed by atoms with E-state index in [0.717, 1.165) is 38.1 Å². The van der Waals surface area contributed by atoms with Gasteiger partial charge in [0, 0.05) is 32.3 Å². The maximum atomic E-state index is 13.0. The Bertz CT molecular complexity index is 610. The number of alkyl halides is 3. The van der Waals surface area contributed by atoms with Crippen molar-refractivity contribution in [3.05, 3.63) is 23.8 Å². The molecule has 0 radical (unpaired) electrons. The lowest BCUT2D eigenvalue weighted by Gasteiger charge is -2.25. The molecule has 0 saturated carbocycles. The zero-order valence-corrected chi connectivity index (χ0v) is 13.9. The van der Waals surface area contributed by atoms with E-state index in [9.17, 15) is 18.0 Å². The highest BCUT2D eigenvalue weighted by atomic mass is 19.4. The molecule has 25 heavy (non-hydrogen) atoms. The number of benzene rings is 1. The molecule has 0 aliphatic carbocycles. The standard InChI is InChI=1S/C17H22F3N3O2/c18-17(19,20)12-3-4-15(23-7-1-2-8-23)14(11-12)22-16(24)21-13-5-9-25-10-6-13/h3-4,11,13H,1-2,5-10H2,(H2,21,22,24). The highest BCUT2D eigenvalue weighted by molar-refractivity contribution is 5.93. The lowest BCUT2D eigenvalue weighted by Crippen LogP contribution is -2.41. The highest BCUT2D eigenvalue weighted by Crippen LogP contribution is 2.36. The number of rotatable bonds is 3. The summed E-state index contributed by atoms with van der Waals surface area (Å²) in [5.74, 6) is 0. The van der Waals surface area contributed by atoms with Gasteiger partial charge in [-0.15, -0.1) is 0 Å². The normalized spacial score (nSPS) is 19.1. The molecule has 0 unspecified atom stereocenters. The van der Waals surface area contributed by atoms with Gasteiger partial charge in [-0.05, 0) is 43.9 Å². The fraction of sp³-hybridized carbons (Fsp3) is 0.588. The predicted octanol–water partition coefficient (Wildman–Crippen LogP) is 3.61. The molecule has 2 N–H and O–H groups in total. The van der Waals surface area contributed by atoms with Gasteiger partial charge in [-0.1, -0.05) is 0 Å². The second-order valence-electron chi connectivity index (χ2n) is 6.41. The first-order chi connectivity index (χ1) is 11.9. The third kappa shape index (κ3) is 4.56. The number of nitrogens with one attached hydrogen (secondary N) is 2. The molecule has 1 aromatic rings. The van der Waals surface area contributed by atoms with Crippen LogP contribution < -0.4 is 15.5 Å². The second kappa shape index (κ2) is 7.51. The van der Waals surface area contributed by atoms with Crippen molar-refractivity contribution in [3.8, 4) is 0 Å². The Morgan fingerprint density at radius 1 is 1.16 bits per heavy atom. The average Bonchev–Trinajstić information content (AvgIpc) is 3.09. The Morgan fingerprint density at radius 3 is 2.48 bits per heavy atom. The minimum atomic E-state index is -4.45. The number of anilines is 2. The first-order valence-corrected chi connectivity index (χ1v) is 8.55. The molecule has 2 heterocycles. The maximum absolute atomic E-state index is 13.0. The van der Waals surface area contributed by atoms with E-state index in [1.807, 2.05) is 4.90 Å². The summed E-state index contributed by atoms with van der Waals surface area (Å²) in [6, 6.07) is 3.02. The van der Waals surface area contributed by atoms with Gasteiger partial charge in [0.25, 0.3) is 0 Å². The summed E-state index contributed by atoms with van der Waals surface area (Å²) in [4.78, 5) is 14.3. The summed E-state index contributed by atoms with van der Waals surface area (Å²) in [5.41, 5.74) is 0.0609. The first kappa shape index (κ1) is 17.8. The van der Waals surface area contributed by atoms with Gasteiger partial charge in [-0.3, -0.25) is 0 Å². The van der Waals surface area contributed by atoms with Crippen LogP contribution in [0.1, 0.15) is 31.2 Å². The zero-order chi connectivity index (χ0) is 17.9. The van der Waals surface area contributed by atoms with Crippen molar-refractivity contribution in [2.75, 3.05) is 36.5 Å². The number of hydrogen-bond acceptors (Lipinski definition) is 3. The van der Waals surface area contributed by atoms with Gasteiger partial charge < -0.3 is 20.3 Å². The monoisotopic (exact) mass is 357 g/mol. The minimum Gasteiger partial charge on any atom is -0.381 e. The van der Waals surface area contributed by atoms with Crippen molar-refractivity contribution in [1.82, 2.24) is 5.32 Å². The van der Waals surface area contributed by atoms with Crippen LogP contribution in [0.5, 0.6) is 0 Å².